The van der Waals surface area contributed by atoms with Crippen LogP contribution in [0.15, 0.2) is 17.6 Å². The quantitative estimate of drug-likeness (QED) is 0.463. The SMILES string of the molecule is CSc1ncc(CNCCCN2CCCC2=O)cn1. The third-order valence-electron chi connectivity index (χ3n) is 3.15. The van der Waals surface area contributed by atoms with Crippen molar-refractivity contribution in [3.05, 3.63) is 18.0 Å². The maximum absolute atomic E-state index is 11.4. The molecule has 0 bridgehead atoms. The van der Waals surface area contributed by atoms with E-state index in [0.717, 1.165) is 56.2 Å². The number of nitrogens with one attached hydrogen (secondary N) is 1. The van der Waals surface area contributed by atoms with Crippen LogP contribution in [-0.4, -0.2) is 46.7 Å². The highest BCUT2D eigenvalue weighted by Gasteiger charge is 2.18. The second-order valence-electron chi connectivity index (χ2n) is 4.59. The van der Waals surface area contributed by atoms with Crippen LogP contribution in [0.3, 0.4) is 0 Å². The minimum Gasteiger partial charge on any atom is -0.343 e. The van der Waals surface area contributed by atoms with E-state index in [1.54, 1.807) is 11.8 Å². The van der Waals surface area contributed by atoms with Gasteiger partial charge < -0.3 is 10.2 Å². The molecule has 1 aliphatic heterocycles. The van der Waals surface area contributed by atoms with E-state index in [-0.39, 0.29) is 0 Å². The van der Waals surface area contributed by atoms with Crippen molar-refractivity contribution in [1.29, 1.82) is 0 Å². The van der Waals surface area contributed by atoms with E-state index in [9.17, 15) is 4.79 Å². The maximum atomic E-state index is 11.4. The lowest BCUT2D eigenvalue weighted by Gasteiger charge is -2.15. The van der Waals surface area contributed by atoms with E-state index >= 15 is 0 Å². The Balaban J connectivity index is 1.59. The molecule has 104 valence electrons. The summed E-state index contributed by atoms with van der Waals surface area (Å²) in [6.07, 6.45) is 8.42. The molecule has 2 heterocycles. The van der Waals surface area contributed by atoms with Crippen molar-refractivity contribution < 1.29 is 4.79 Å². The highest BCUT2D eigenvalue weighted by atomic mass is 32.2. The number of thioether (sulfide) groups is 1. The molecule has 0 saturated carbocycles. The van der Waals surface area contributed by atoms with E-state index in [0.29, 0.717) is 5.91 Å². The van der Waals surface area contributed by atoms with Crippen LogP contribution in [0.25, 0.3) is 0 Å². The van der Waals surface area contributed by atoms with E-state index in [1.165, 1.54) is 0 Å². The number of carbonyl (C=O) groups excluding carboxylic acids is 1. The van der Waals surface area contributed by atoms with Gasteiger partial charge in [0.15, 0.2) is 5.16 Å². The molecule has 0 radical (unpaired) electrons. The summed E-state index contributed by atoms with van der Waals surface area (Å²) in [6.45, 7) is 3.49. The second kappa shape index (κ2) is 7.45. The molecule has 1 aliphatic rings. The molecule has 0 atom stereocenters. The number of hydrogen-bond donors (Lipinski definition) is 1. The van der Waals surface area contributed by atoms with Crippen LogP contribution in [0.4, 0.5) is 0 Å². The van der Waals surface area contributed by atoms with Crippen molar-refractivity contribution in [2.45, 2.75) is 31.0 Å². The summed E-state index contributed by atoms with van der Waals surface area (Å²) in [5.41, 5.74) is 1.09. The van der Waals surface area contributed by atoms with Crippen molar-refractivity contribution in [3.8, 4) is 0 Å². The number of rotatable bonds is 7. The molecule has 0 unspecified atom stereocenters. The van der Waals surface area contributed by atoms with Gasteiger partial charge in [0.25, 0.3) is 0 Å². The van der Waals surface area contributed by atoms with Gasteiger partial charge in [-0.05, 0) is 25.6 Å². The largest absolute Gasteiger partial charge is 0.343 e. The average molecular weight is 280 g/mol. The highest BCUT2D eigenvalue weighted by Crippen LogP contribution is 2.09. The van der Waals surface area contributed by atoms with Crippen molar-refractivity contribution in [3.63, 3.8) is 0 Å². The molecule has 0 aliphatic carbocycles. The van der Waals surface area contributed by atoms with Crippen molar-refractivity contribution in [2.75, 3.05) is 25.9 Å². The standard InChI is InChI=1S/C13H20N4OS/c1-19-13-15-9-11(10-16-13)8-14-5-3-7-17-6-2-4-12(17)18/h9-10,14H,2-8H2,1H3. The molecule has 1 fully saturated rings. The van der Waals surface area contributed by atoms with Crippen molar-refractivity contribution in [2.24, 2.45) is 0 Å². The Labute approximate surface area is 118 Å². The van der Waals surface area contributed by atoms with Crippen molar-refractivity contribution >= 4 is 17.7 Å². The Morgan fingerprint density at radius 3 is 2.84 bits per heavy atom. The number of amides is 1. The van der Waals surface area contributed by atoms with Gasteiger partial charge in [0, 0.05) is 44.0 Å². The minimum atomic E-state index is 0.307. The molecule has 2 rings (SSSR count). The number of aromatic nitrogens is 2. The Kier molecular flexibility index (Phi) is 5.60. The maximum Gasteiger partial charge on any atom is 0.222 e. The van der Waals surface area contributed by atoms with Gasteiger partial charge in [0.05, 0.1) is 0 Å². The number of likely N-dealkylation sites (tertiary alicyclic amines) is 1. The first-order valence-corrected chi connectivity index (χ1v) is 7.85. The minimum absolute atomic E-state index is 0.307. The van der Waals surface area contributed by atoms with Crippen LogP contribution in [0.2, 0.25) is 0 Å². The molecular formula is C13H20N4OS. The van der Waals surface area contributed by atoms with Crippen LogP contribution in [0, 0.1) is 0 Å². The molecule has 1 amide bonds. The summed E-state index contributed by atoms with van der Waals surface area (Å²) in [6, 6.07) is 0. The molecule has 1 saturated heterocycles. The molecular weight excluding hydrogens is 260 g/mol. The summed E-state index contributed by atoms with van der Waals surface area (Å²) in [7, 11) is 0. The predicted octanol–water partition coefficient (Wildman–Crippen LogP) is 1.30. The van der Waals surface area contributed by atoms with Gasteiger partial charge in [-0.2, -0.15) is 0 Å². The average Bonchev–Trinajstić information content (AvgIpc) is 2.85. The molecule has 6 heteroatoms. The molecule has 1 aromatic rings. The van der Waals surface area contributed by atoms with Crippen LogP contribution in [0.1, 0.15) is 24.8 Å². The van der Waals surface area contributed by atoms with E-state index in [1.807, 2.05) is 23.5 Å². The van der Waals surface area contributed by atoms with Gasteiger partial charge in [-0.15, -0.1) is 0 Å². The second-order valence-corrected chi connectivity index (χ2v) is 5.37. The molecule has 1 N–H and O–H groups in total. The molecule has 0 aromatic carbocycles. The fraction of sp³-hybridized carbons (Fsp3) is 0.615. The molecule has 19 heavy (non-hydrogen) atoms. The Hall–Kier alpha value is -1.14. The lowest BCUT2D eigenvalue weighted by atomic mass is 10.3. The van der Waals surface area contributed by atoms with Crippen LogP contribution in [0.5, 0.6) is 0 Å². The van der Waals surface area contributed by atoms with Gasteiger partial charge in [0.1, 0.15) is 0 Å². The smallest absolute Gasteiger partial charge is 0.222 e. The lowest BCUT2D eigenvalue weighted by molar-refractivity contribution is -0.127. The summed E-state index contributed by atoms with van der Waals surface area (Å²) in [4.78, 5) is 21.8. The molecule has 1 aromatic heterocycles. The van der Waals surface area contributed by atoms with Gasteiger partial charge >= 0.3 is 0 Å². The summed E-state index contributed by atoms with van der Waals surface area (Å²) < 4.78 is 0. The van der Waals surface area contributed by atoms with E-state index in [2.05, 4.69) is 15.3 Å². The topological polar surface area (TPSA) is 58.1 Å². The highest BCUT2D eigenvalue weighted by molar-refractivity contribution is 7.98. The van der Waals surface area contributed by atoms with Gasteiger partial charge in [-0.3, -0.25) is 4.79 Å². The zero-order valence-corrected chi connectivity index (χ0v) is 12.1. The van der Waals surface area contributed by atoms with Gasteiger partial charge in [0.2, 0.25) is 5.91 Å². The summed E-state index contributed by atoms with van der Waals surface area (Å²) >= 11 is 1.54. The predicted molar refractivity (Wildman–Crippen MR) is 76.0 cm³/mol. The van der Waals surface area contributed by atoms with E-state index in [4.69, 9.17) is 0 Å². The number of hydrogen-bond acceptors (Lipinski definition) is 5. The fourth-order valence-electron chi connectivity index (χ4n) is 2.11. The first-order valence-electron chi connectivity index (χ1n) is 6.63. The molecule has 0 spiro atoms. The third kappa shape index (κ3) is 4.47. The van der Waals surface area contributed by atoms with E-state index < -0.39 is 0 Å². The van der Waals surface area contributed by atoms with Crippen LogP contribution >= 0.6 is 11.8 Å². The summed E-state index contributed by atoms with van der Waals surface area (Å²) in [5.74, 6) is 0.307. The van der Waals surface area contributed by atoms with Crippen molar-refractivity contribution in [1.82, 2.24) is 20.2 Å². The van der Waals surface area contributed by atoms with Crippen LogP contribution in [-0.2, 0) is 11.3 Å². The first kappa shape index (κ1) is 14.3. The number of carbonyl (C=O) groups is 1. The van der Waals surface area contributed by atoms with Gasteiger partial charge in [-0.1, -0.05) is 11.8 Å². The zero-order valence-electron chi connectivity index (χ0n) is 11.3. The normalized spacial score (nSPS) is 15.2. The Morgan fingerprint density at radius 1 is 1.42 bits per heavy atom. The monoisotopic (exact) mass is 280 g/mol. The molecule has 5 nitrogen and oxygen atoms in total. The Bertz CT molecular complexity index is 410. The lowest BCUT2D eigenvalue weighted by Crippen LogP contribution is -2.28. The van der Waals surface area contributed by atoms with Crippen LogP contribution < -0.4 is 5.32 Å². The third-order valence-corrected chi connectivity index (χ3v) is 3.72. The van der Waals surface area contributed by atoms with Gasteiger partial charge in [-0.25, -0.2) is 9.97 Å². The summed E-state index contributed by atoms with van der Waals surface area (Å²) in [5, 5.41) is 4.16. The zero-order chi connectivity index (χ0) is 13.5. The Morgan fingerprint density at radius 2 is 2.21 bits per heavy atom. The fourth-order valence-corrected chi connectivity index (χ4v) is 2.42. The number of nitrogens with zero attached hydrogens (tertiary/aromatic N) is 3. The first-order chi connectivity index (χ1) is 9.29.